The van der Waals surface area contributed by atoms with Gasteiger partial charge in [-0.1, -0.05) is 5.57 Å². The van der Waals surface area contributed by atoms with Crippen molar-refractivity contribution in [2.75, 3.05) is 6.61 Å². The molecule has 12 heavy (non-hydrogen) atoms. The molecular weight excluding hydrogens is 154 g/mol. The number of carbonyl (C=O) groups is 1. The van der Waals surface area contributed by atoms with Crippen molar-refractivity contribution >= 4 is 5.97 Å². The maximum Gasteiger partial charge on any atom is 0.326 e. The van der Waals surface area contributed by atoms with Gasteiger partial charge in [-0.05, 0) is 27.2 Å². The van der Waals surface area contributed by atoms with Gasteiger partial charge in [0.1, 0.15) is 5.54 Å². The first kappa shape index (κ1) is 11.2. The van der Waals surface area contributed by atoms with Crippen LogP contribution in [0.4, 0.5) is 0 Å². The van der Waals surface area contributed by atoms with Crippen LogP contribution in [0, 0.1) is 0 Å². The van der Waals surface area contributed by atoms with Gasteiger partial charge < -0.3 is 10.5 Å². The molecule has 0 aliphatic heterocycles. The monoisotopic (exact) mass is 171 g/mol. The molecule has 2 N–H and O–H groups in total. The molecule has 0 aromatic carbocycles. The summed E-state index contributed by atoms with van der Waals surface area (Å²) in [5.41, 5.74) is 5.67. The summed E-state index contributed by atoms with van der Waals surface area (Å²) in [7, 11) is 0. The second-order valence-corrected chi connectivity index (χ2v) is 3.27. The predicted molar refractivity (Wildman–Crippen MR) is 48.7 cm³/mol. The summed E-state index contributed by atoms with van der Waals surface area (Å²) in [6.07, 6.45) is 0.464. The van der Waals surface area contributed by atoms with Crippen LogP contribution < -0.4 is 5.73 Å². The van der Waals surface area contributed by atoms with Gasteiger partial charge in [0.25, 0.3) is 0 Å². The molecule has 1 atom stereocenters. The number of esters is 1. The number of hydrogen-bond acceptors (Lipinski definition) is 3. The molecule has 0 aromatic rings. The molecule has 0 radical (unpaired) electrons. The van der Waals surface area contributed by atoms with Crippen LogP contribution in [0.5, 0.6) is 0 Å². The van der Waals surface area contributed by atoms with Crippen molar-refractivity contribution in [1.29, 1.82) is 0 Å². The van der Waals surface area contributed by atoms with E-state index in [1.54, 1.807) is 13.8 Å². The maximum atomic E-state index is 11.2. The smallest absolute Gasteiger partial charge is 0.326 e. The highest BCUT2D eigenvalue weighted by Crippen LogP contribution is 2.13. The standard InChI is InChI=1S/C9H17NO2/c1-5-12-8(11)9(4,10)6-7(2)3/h2,5-6,10H2,1,3-4H3. The lowest BCUT2D eigenvalue weighted by atomic mass is 9.95. The van der Waals surface area contributed by atoms with Crippen molar-refractivity contribution in [2.45, 2.75) is 32.7 Å². The van der Waals surface area contributed by atoms with Gasteiger partial charge in [0.15, 0.2) is 0 Å². The van der Waals surface area contributed by atoms with E-state index in [9.17, 15) is 4.79 Å². The predicted octanol–water partition coefficient (Wildman–Crippen LogP) is 1.23. The molecule has 0 bridgehead atoms. The Bertz CT molecular complexity index is 185. The van der Waals surface area contributed by atoms with Gasteiger partial charge in [0, 0.05) is 0 Å². The molecule has 0 amide bonds. The minimum atomic E-state index is -0.929. The van der Waals surface area contributed by atoms with Crippen molar-refractivity contribution in [2.24, 2.45) is 5.73 Å². The quantitative estimate of drug-likeness (QED) is 0.511. The summed E-state index contributed by atoms with van der Waals surface area (Å²) < 4.78 is 4.80. The fourth-order valence-corrected chi connectivity index (χ4v) is 0.995. The van der Waals surface area contributed by atoms with Crippen LogP contribution in [0.1, 0.15) is 27.2 Å². The van der Waals surface area contributed by atoms with E-state index < -0.39 is 5.54 Å². The lowest BCUT2D eigenvalue weighted by Crippen LogP contribution is -2.46. The Balaban J connectivity index is 4.18. The van der Waals surface area contributed by atoms with E-state index in [1.165, 1.54) is 0 Å². The topological polar surface area (TPSA) is 52.3 Å². The third-order valence-electron chi connectivity index (χ3n) is 1.41. The number of ether oxygens (including phenoxy) is 1. The third kappa shape index (κ3) is 3.53. The zero-order valence-electron chi connectivity index (χ0n) is 8.02. The summed E-state index contributed by atoms with van der Waals surface area (Å²) in [4.78, 5) is 11.2. The fourth-order valence-electron chi connectivity index (χ4n) is 0.995. The lowest BCUT2D eigenvalue weighted by molar-refractivity contribution is -0.148. The minimum absolute atomic E-state index is 0.363. The van der Waals surface area contributed by atoms with Crippen LogP contribution in [-0.4, -0.2) is 18.1 Å². The van der Waals surface area contributed by atoms with Crippen LogP contribution in [0.3, 0.4) is 0 Å². The van der Waals surface area contributed by atoms with Crippen molar-refractivity contribution in [3.63, 3.8) is 0 Å². The summed E-state index contributed by atoms with van der Waals surface area (Å²) in [6.45, 7) is 9.31. The second-order valence-electron chi connectivity index (χ2n) is 3.27. The van der Waals surface area contributed by atoms with Gasteiger partial charge in [-0.15, -0.1) is 6.58 Å². The number of carbonyl (C=O) groups excluding carboxylic acids is 1. The van der Waals surface area contributed by atoms with Crippen LogP contribution >= 0.6 is 0 Å². The van der Waals surface area contributed by atoms with Gasteiger partial charge in [-0.25, -0.2) is 0 Å². The van der Waals surface area contributed by atoms with E-state index in [1.807, 2.05) is 6.92 Å². The fraction of sp³-hybridized carbons (Fsp3) is 0.667. The van der Waals surface area contributed by atoms with Gasteiger partial charge in [-0.2, -0.15) is 0 Å². The normalized spacial score (nSPS) is 15.0. The highest BCUT2D eigenvalue weighted by Gasteiger charge is 2.29. The molecule has 0 aromatic heterocycles. The van der Waals surface area contributed by atoms with Crippen LogP contribution in [0.15, 0.2) is 12.2 Å². The molecule has 1 unspecified atom stereocenters. The molecule has 0 saturated heterocycles. The first-order chi connectivity index (χ1) is 5.40. The third-order valence-corrected chi connectivity index (χ3v) is 1.41. The first-order valence-electron chi connectivity index (χ1n) is 4.00. The van der Waals surface area contributed by atoms with Crippen LogP contribution in [-0.2, 0) is 9.53 Å². The van der Waals surface area contributed by atoms with Crippen molar-refractivity contribution < 1.29 is 9.53 Å². The van der Waals surface area contributed by atoms with E-state index in [0.29, 0.717) is 13.0 Å². The number of nitrogens with two attached hydrogens (primary N) is 1. The molecule has 0 spiro atoms. The molecular formula is C9H17NO2. The Morgan fingerprint density at radius 2 is 2.17 bits per heavy atom. The molecule has 0 saturated carbocycles. The van der Waals surface area contributed by atoms with E-state index in [4.69, 9.17) is 10.5 Å². The Hall–Kier alpha value is -0.830. The molecule has 0 fully saturated rings. The van der Waals surface area contributed by atoms with Crippen LogP contribution in [0.25, 0.3) is 0 Å². The summed E-state index contributed by atoms with van der Waals surface area (Å²) in [5, 5.41) is 0. The second kappa shape index (κ2) is 4.26. The van der Waals surface area contributed by atoms with E-state index in [2.05, 4.69) is 6.58 Å². The van der Waals surface area contributed by atoms with Crippen molar-refractivity contribution in [3.05, 3.63) is 12.2 Å². The average molecular weight is 171 g/mol. The molecule has 0 aliphatic rings. The summed E-state index contributed by atoms with van der Waals surface area (Å²) >= 11 is 0. The molecule has 3 heteroatoms. The number of rotatable bonds is 4. The van der Waals surface area contributed by atoms with Gasteiger partial charge in [0.05, 0.1) is 6.61 Å². The van der Waals surface area contributed by atoms with Gasteiger partial charge in [0.2, 0.25) is 0 Å². The molecule has 3 nitrogen and oxygen atoms in total. The summed E-state index contributed by atoms with van der Waals surface area (Å²) in [5.74, 6) is -0.368. The highest BCUT2D eigenvalue weighted by atomic mass is 16.5. The van der Waals surface area contributed by atoms with E-state index in [-0.39, 0.29) is 5.97 Å². The first-order valence-corrected chi connectivity index (χ1v) is 4.00. The number of hydrogen-bond donors (Lipinski definition) is 1. The minimum Gasteiger partial charge on any atom is -0.465 e. The molecule has 70 valence electrons. The van der Waals surface area contributed by atoms with Crippen molar-refractivity contribution in [3.8, 4) is 0 Å². The zero-order chi connectivity index (χ0) is 9.78. The molecule has 0 aliphatic carbocycles. The largest absolute Gasteiger partial charge is 0.465 e. The van der Waals surface area contributed by atoms with Gasteiger partial charge in [-0.3, -0.25) is 4.79 Å². The Morgan fingerprint density at radius 3 is 2.50 bits per heavy atom. The average Bonchev–Trinajstić information content (AvgIpc) is 1.85. The highest BCUT2D eigenvalue weighted by molar-refractivity contribution is 5.80. The maximum absolute atomic E-state index is 11.2. The Labute approximate surface area is 73.6 Å². The molecule has 0 rings (SSSR count). The summed E-state index contributed by atoms with van der Waals surface area (Å²) in [6, 6.07) is 0. The van der Waals surface area contributed by atoms with Gasteiger partial charge >= 0.3 is 5.97 Å². The Morgan fingerprint density at radius 1 is 1.67 bits per heavy atom. The zero-order valence-corrected chi connectivity index (χ0v) is 8.02. The SMILES string of the molecule is C=C(C)CC(C)(N)C(=O)OCC. The Kier molecular flexibility index (Phi) is 3.96. The lowest BCUT2D eigenvalue weighted by Gasteiger charge is -2.21. The van der Waals surface area contributed by atoms with E-state index in [0.717, 1.165) is 5.57 Å². The van der Waals surface area contributed by atoms with Crippen molar-refractivity contribution in [1.82, 2.24) is 0 Å². The van der Waals surface area contributed by atoms with E-state index >= 15 is 0 Å². The molecule has 0 heterocycles. The van der Waals surface area contributed by atoms with Crippen LogP contribution in [0.2, 0.25) is 0 Å².